The van der Waals surface area contributed by atoms with Gasteiger partial charge < -0.3 is 5.32 Å². The summed E-state index contributed by atoms with van der Waals surface area (Å²) in [6, 6.07) is 20.0. The summed E-state index contributed by atoms with van der Waals surface area (Å²) in [4.78, 5) is 16.4. The van der Waals surface area contributed by atoms with Crippen LogP contribution in [0.1, 0.15) is 11.1 Å². The highest BCUT2D eigenvalue weighted by molar-refractivity contribution is 7.92. The largest absolute Gasteiger partial charge is 0.325 e. The first-order valence-electron chi connectivity index (χ1n) is 8.72. The highest BCUT2D eigenvalue weighted by Crippen LogP contribution is 2.17. The molecular formula is C21H21N3O3S. The van der Waals surface area contributed by atoms with E-state index >= 15 is 0 Å². The van der Waals surface area contributed by atoms with E-state index in [2.05, 4.69) is 10.3 Å². The fraction of sp³-hybridized carbons (Fsp3) is 0.143. The van der Waals surface area contributed by atoms with Crippen LogP contribution in [-0.4, -0.2) is 32.1 Å². The molecule has 0 saturated heterocycles. The average molecular weight is 395 g/mol. The summed E-state index contributed by atoms with van der Waals surface area (Å²) < 4.78 is 25.2. The Morgan fingerprint density at radius 3 is 2.14 bits per heavy atom. The predicted octanol–water partition coefficient (Wildman–Crippen LogP) is 3.08. The van der Waals surface area contributed by atoms with Crippen molar-refractivity contribution >= 4 is 27.3 Å². The van der Waals surface area contributed by atoms with Crippen LogP contribution >= 0.6 is 0 Å². The normalized spacial score (nSPS) is 11.0. The molecule has 6 nitrogen and oxygen atoms in total. The molecule has 0 atom stereocenters. The molecule has 0 aliphatic heterocycles. The minimum absolute atomic E-state index is 0.290. The van der Waals surface area contributed by atoms with Gasteiger partial charge in [-0.3, -0.25) is 14.1 Å². The van der Waals surface area contributed by atoms with Gasteiger partial charge in [0.15, 0.2) is 0 Å². The van der Waals surface area contributed by atoms with Crippen molar-refractivity contribution < 1.29 is 13.2 Å². The number of pyridine rings is 1. The third-order valence-electron chi connectivity index (χ3n) is 4.13. The SMILES string of the molecule is CS(=O)(=O)N(CC(=O)Nc1ccc(Cc2ccncc2)cc1)c1ccccc1. The van der Waals surface area contributed by atoms with Gasteiger partial charge in [-0.05, 0) is 53.9 Å². The number of amides is 1. The maximum atomic E-state index is 12.4. The number of para-hydroxylation sites is 1. The molecule has 0 aliphatic rings. The number of anilines is 2. The van der Waals surface area contributed by atoms with Gasteiger partial charge in [0.05, 0.1) is 11.9 Å². The number of sulfonamides is 1. The fourth-order valence-corrected chi connectivity index (χ4v) is 3.62. The smallest absolute Gasteiger partial charge is 0.245 e. The van der Waals surface area contributed by atoms with E-state index in [1.54, 1.807) is 42.7 Å². The van der Waals surface area contributed by atoms with Crippen LogP contribution in [0.5, 0.6) is 0 Å². The fourth-order valence-electron chi connectivity index (χ4n) is 2.77. The van der Waals surface area contributed by atoms with Crippen LogP contribution in [0.4, 0.5) is 11.4 Å². The maximum absolute atomic E-state index is 12.4. The summed E-state index contributed by atoms with van der Waals surface area (Å²) in [5.74, 6) is -0.406. The second-order valence-corrected chi connectivity index (χ2v) is 8.29. The number of carbonyl (C=O) groups excluding carboxylic acids is 1. The van der Waals surface area contributed by atoms with Gasteiger partial charge in [-0.15, -0.1) is 0 Å². The second kappa shape index (κ2) is 8.67. The van der Waals surface area contributed by atoms with Gasteiger partial charge in [-0.1, -0.05) is 30.3 Å². The summed E-state index contributed by atoms with van der Waals surface area (Å²) in [6.45, 7) is -0.290. The molecule has 1 amide bonds. The van der Waals surface area contributed by atoms with Gasteiger partial charge in [0.2, 0.25) is 15.9 Å². The number of nitrogens with zero attached hydrogens (tertiary/aromatic N) is 2. The van der Waals surface area contributed by atoms with E-state index in [0.29, 0.717) is 11.4 Å². The maximum Gasteiger partial charge on any atom is 0.245 e. The van der Waals surface area contributed by atoms with Gasteiger partial charge in [0.25, 0.3) is 0 Å². The monoisotopic (exact) mass is 395 g/mol. The van der Waals surface area contributed by atoms with E-state index in [1.807, 2.05) is 36.4 Å². The Balaban J connectivity index is 1.65. The molecule has 3 aromatic rings. The summed E-state index contributed by atoms with van der Waals surface area (Å²) in [7, 11) is -3.58. The quantitative estimate of drug-likeness (QED) is 0.667. The number of nitrogens with one attached hydrogen (secondary N) is 1. The van der Waals surface area contributed by atoms with Crippen LogP contribution in [0.2, 0.25) is 0 Å². The van der Waals surface area contributed by atoms with Crippen LogP contribution in [0.25, 0.3) is 0 Å². The van der Waals surface area contributed by atoms with E-state index in [-0.39, 0.29) is 6.54 Å². The van der Waals surface area contributed by atoms with Gasteiger partial charge >= 0.3 is 0 Å². The Labute approximate surface area is 164 Å². The lowest BCUT2D eigenvalue weighted by molar-refractivity contribution is -0.114. The first-order chi connectivity index (χ1) is 13.4. The van der Waals surface area contributed by atoms with Gasteiger partial charge in [-0.25, -0.2) is 8.42 Å². The molecular weight excluding hydrogens is 374 g/mol. The lowest BCUT2D eigenvalue weighted by Gasteiger charge is -2.21. The second-order valence-electron chi connectivity index (χ2n) is 6.38. The van der Waals surface area contributed by atoms with Crippen molar-refractivity contribution in [1.82, 2.24) is 4.98 Å². The van der Waals surface area contributed by atoms with Crippen molar-refractivity contribution in [3.8, 4) is 0 Å². The van der Waals surface area contributed by atoms with E-state index < -0.39 is 15.9 Å². The van der Waals surface area contributed by atoms with E-state index in [9.17, 15) is 13.2 Å². The Hall–Kier alpha value is -3.19. The molecule has 1 heterocycles. The Kier molecular flexibility index (Phi) is 6.06. The number of hydrogen-bond acceptors (Lipinski definition) is 4. The third-order valence-corrected chi connectivity index (χ3v) is 5.27. The van der Waals surface area contributed by atoms with Gasteiger partial charge in [0.1, 0.15) is 6.54 Å². The lowest BCUT2D eigenvalue weighted by atomic mass is 10.1. The molecule has 0 radical (unpaired) electrons. The molecule has 2 aromatic carbocycles. The number of benzene rings is 2. The van der Waals surface area contributed by atoms with E-state index in [1.165, 1.54) is 0 Å². The highest BCUT2D eigenvalue weighted by Gasteiger charge is 2.20. The summed E-state index contributed by atoms with van der Waals surface area (Å²) >= 11 is 0. The Morgan fingerprint density at radius 1 is 0.929 bits per heavy atom. The molecule has 28 heavy (non-hydrogen) atoms. The Morgan fingerprint density at radius 2 is 1.54 bits per heavy atom. The molecule has 0 fully saturated rings. The van der Waals surface area contributed by atoms with Gasteiger partial charge in [0, 0.05) is 18.1 Å². The van der Waals surface area contributed by atoms with Crippen molar-refractivity contribution in [3.05, 3.63) is 90.3 Å². The topological polar surface area (TPSA) is 79.4 Å². The van der Waals surface area contributed by atoms with Gasteiger partial charge in [-0.2, -0.15) is 0 Å². The van der Waals surface area contributed by atoms with Crippen molar-refractivity contribution in [3.63, 3.8) is 0 Å². The molecule has 1 aromatic heterocycles. The van der Waals surface area contributed by atoms with E-state index in [4.69, 9.17) is 0 Å². The standard InChI is InChI=1S/C21H21N3O3S/c1-28(26,27)24(20-5-3-2-4-6-20)16-21(25)23-19-9-7-17(8-10-19)15-18-11-13-22-14-12-18/h2-14H,15-16H2,1H3,(H,23,25). The molecule has 0 saturated carbocycles. The highest BCUT2D eigenvalue weighted by atomic mass is 32.2. The number of carbonyl (C=O) groups is 1. The molecule has 0 aliphatic carbocycles. The molecule has 0 spiro atoms. The lowest BCUT2D eigenvalue weighted by Crippen LogP contribution is -2.37. The predicted molar refractivity (Wildman–Crippen MR) is 111 cm³/mol. The summed E-state index contributed by atoms with van der Waals surface area (Å²) in [5, 5.41) is 2.75. The number of hydrogen-bond donors (Lipinski definition) is 1. The zero-order valence-corrected chi connectivity index (χ0v) is 16.3. The third kappa shape index (κ3) is 5.40. The molecule has 0 unspecified atom stereocenters. The first-order valence-corrected chi connectivity index (χ1v) is 10.6. The number of aromatic nitrogens is 1. The van der Waals surface area contributed by atoms with Crippen LogP contribution in [0.3, 0.4) is 0 Å². The van der Waals surface area contributed by atoms with Crippen LogP contribution in [0, 0.1) is 0 Å². The molecule has 1 N–H and O–H groups in total. The number of rotatable bonds is 7. The molecule has 7 heteroatoms. The van der Waals surface area contributed by atoms with Crippen molar-refractivity contribution in [2.45, 2.75) is 6.42 Å². The zero-order valence-electron chi connectivity index (χ0n) is 15.4. The van der Waals surface area contributed by atoms with Crippen molar-refractivity contribution in [2.75, 3.05) is 22.4 Å². The molecule has 3 rings (SSSR count). The van der Waals surface area contributed by atoms with Crippen molar-refractivity contribution in [2.24, 2.45) is 0 Å². The van der Waals surface area contributed by atoms with Crippen molar-refractivity contribution in [1.29, 1.82) is 0 Å². The first kappa shape index (κ1) is 19.6. The van der Waals surface area contributed by atoms with Crippen LogP contribution in [-0.2, 0) is 21.2 Å². The minimum atomic E-state index is -3.58. The molecule has 144 valence electrons. The Bertz CT molecular complexity index is 1020. The van der Waals surface area contributed by atoms with Crippen LogP contribution in [0.15, 0.2) is 79.1 Å². The van der Waals surface area contributed by atoms with Crippen LogP contribution < -0.4 is 9.62 Å². The zero-order chi connectivity index (χ0) is 20.0. The summed E-state index contributed by atoms with van der Waals surface area (Å²) in [6.07, 6.45) is 5.36. The molecule has 0 bridgehead atoms. The van der Waals surface area contributed by atoms with E-state index in [0.717, 1.165) is 28.1 Å². The minimum Gasteiger partial charge on any atom is -0.325 e. The summed E-state index contributed by atoms with van der Waals surface area (Å²) in [5.41, 5.74) is 3.32. The average Bonchev–Trinajstić information content (AvgIpc) is 2.68.